The second kappa shape index (κ2) is 7.43. The Labute approximate surface area is 129 Å². The molecule has 0 saturated carbocycles. The van der Waals surface area contributed by atoms with Crippen molar-refractivity contribution in [2.45, 2.75) is 19.4 Å². The van der Waals surface area contributed by atoms with Gasteiger partial charge in [0.15, 0.2) is 0 Å². The predicted octanol–water partition coefficient (Wildman–Crippen LogP) is 1.25. The van der Waals surface area contributed by atoms with Crippen molar-refractivity contribution in [3.8, 4) is 0 Å². The highest BCUT2D eigenvalue weighted by molar-refractivity contribution is 6.30. The van der Waals surface area contributed by atoms with E-state index in [9.17, 15) is 9.59 Å². The van der Waals surface area contributed by atoms with Crippen molar-refractivity contribution < 1.29 is 14.3 Å². The van der Waals surface area contributed by atoms with Gasteiger partial charge in [0, 0.05) is 24.7 Å². The summed E-state index contributed by atoms with van der Waals surface area (Å²) < 4.78 is 5.04. The first-order valence-corrected chi connectivity index (χ1v) is 7.41. The average Bonchev–Trinajstić information content (AvgIpc) is 2.47. The third-order valence-electron chi connectivity index (χ3n) is 3.37. The summed E-state index contributed by atoms with van der Waals surface area (Å²) >= 11 is 5.93. The number of rotatable bonds is 4. The number of ether oxygens (including phenoxy) is 1. The van der Waals surface area contributed by atoms with Crippen molar-refractivity contribution in [2.24, 2.45) is 0 Å². The molecule has 21 heavy (non-hydrogen) atoms. The molecule has 0 aliphatic carbocycles. The molecule has 0 bridgehead atoms. The normalized spacial score (nSPS) is 18.4. The maximum absolute atomic E-state index is 12.4. The molecule has 2 rings (SSSR count). The third-order valence-corrected chi connectivity index (χ3v) is 3.60. The zero-order chi connectivity index (χ0) is 15.2. The highest BCUT2D eigenvalue weighted by Gasteiger charge is 2.32. The van der Waals surface area contributed by atoms with E-state index in [1.54, 1.807) is 24.0 Å². The predicted molar refractivity (Wildman–Crippen MR) is 80.2 cm³/mol. The molecule has 1 aromatic carbocycles. The van der Waals surface area contributed by atoms with E-state index in [2.05, 4.69) is 5.32 Å². The van der Waals surface area contributed by atoms with Crippen LogP contribution in [0.15, 0.2) is 24.3 Å². The van der Waals surface area contributed by atoms with E-state index in [0.717, 1.165) is 5.56 Å². The zero-order valence-corrected chi connectivity index (χ0v) is 12.7. The van der Waals surface area contributed by atoms with E-state index in [1.807, 2.05) is 12.1 Å². The van der Waals surface area contributed by atoms with Crippen molar-refractivity contribution >= 4 is 23.5 Å². The number of carbonyl (C=O) groups is 2. The van der Waals surface area contributed by atoms with Crippen LogP contribution in [0.5, 0.6) is 0 Å². The minimum Gasteiger partial charge on any atom is -0.464 e. The van der Waals surface area contributed by atoms with Gasteiger partial charge in [-0.15, -0.1) is 0 Å². The van der Waals surface area contributed by atoms with Crippen LogP contribution in [0, 0.1) is 0 Å². The number of piperazine rings is 1. The molecular weight excluding hydrogens is 292 g/mol. The first-order chi connectivity index (χ1) is 10.1. The molecule has 0 aromatic heterocycles. The Kier molecular flexibility index (Phi) is 5.59. The molecule has 1 heterocycles. The maximum Gasteiger partial charge on any atom is 0.330 e. The molecule has 1 saturated heterocycles. The second-order valence-corrected chi connectivity index (χ2v) is 5.30. The van der Waals surface area contributed by atoms with Crippen LogP contribution < -0.4 is 5.32 Å². The number of carbonyl (C=O) groups excluding carboxylic acids is 2. The second-order valence-electron chi connectivity index (χ2n) is 4.87. The first-order valence-electron chi connectivity index (χ1n) is 7.03. The van der Waals surface area contributed by atoms with Crippen LogP contribution in [0.1, 0.15) is 12.5 Å². The molecule has 1 fully saturated rings. The molecule has 1 unspecified atom stereocenters. The van der Waals surface area contributed by atoms with E-state index in [-0.39, 0.29) is 18.3 Å². The van der Waals surface area contributed by atoms with Gasteiger partial charge < -0.3 is 15.0 Å². The van der Waals surface area contributed by atoms with Gasteiger partial charge in [0.2, 0.25) is 5.91 Å². The molecule has 6 heteroatoms. The minimum absolute atomic E-state index is 0.0863. The quantitative estimate of drug-likeness (QED) is 0.850. The van der Waals surface area contributed by atoms with Gasteiger partial charge in [-0.2, -0.15) is 0 Å². The Morgan fingerprint density at radius 3 is 3.00 bits per heavy atom. The van der Waals surface area contributed by atoms with Crippen molar-refractivity contribution in [2.75, 3.05) is 26.2 Å². The lowest BCUT2D eigenvalue weighted by molar-refractivity contribution is -0.155. The van der Waals surface area contributed by atoms with Crippen LogP contribution in [-0.4, -0.2) is 49.1 Å². The van der Waals surface area contributed by atoms with Gasteiger partial charge in [0.1, 0.15) is 6.04 Å². The smallest absolute Gasteiger partial charge is 0.330 e. The largest absolute Gasteiger partial charge is 0.464 e. The number of halogens is 1. The number of esters is 1. The van der Waals surface area contributed by atoms with Crippen molar-refractivity contribution in [1.29, 1.82) is 0 Å². The minimum atomic E-state index is -0.551. The zero-order valence-electron chi connectivity index (χ0n) is 12.0. The Balaban J connectivity index is 2.06. The Morgan fingerprint density at radius 2 is 2.29 bits per heavy atom. The topological polar surface area (TPSA) is 58.6 Å². The lowest BCUT2D eigenvalue weighted by Crippen LogP contribution is -2.57. The number of hydrogen-bond acceptors (Lipinski definition) is 4. The van der Waals surface area contributed by atoms with Crippen LogP contribution in [-0.2, 0) is 20.7 Å². The Hall–Kier alpha value is -1.59. The molecule has 1 amide bonds. The van der Waals surface area contributed by atoms with Gasteiger partial charge in [-0.3, -0.25) is 4.79 Å². The monoisotopic (exact) mass is 310 g/mol. The molecule has 5 nitrogen and oxygen atoms in total. The lowest BCUT2D eigenvalue weighted by Gasteiger charge is -2.34. The van der Waals surface area contributed by atoms with Crippen LogP contribution >= 0.6 is 11.6 Å². The van der Waals surface area contributed by atoms with Gasteiger partial charge in [-0.05, 0) is 24.6 Å². The summed E-state index contributed by atoms with van der Waals surface area (Å²) in [6.07, 6.45) is 0.233. The van der Waals surface area contributed by atoms with Crippen molar-refractivity contribution in [3.05, 3.63) is 34.9 Å². The molecule has 1 atom stereocenters. The number of benzene rings is 1. The van der Waals surface area contributed by atoms with Crippen molar-refractivity contribution in [3.63, 3.8) is 0 Å². The van der Waals surface area contributed by atoms with E-state index in [1.165, 1.54) is 0 Å². The Morgan fingerprint density at radius 1 is 1.48 bits per heavy atom. The van der Waals surface area contributed by atoms with Gasteiger partial charge in [-0.25, -0.2) is 4.79 Å². The molecule has 114 valence electrons. The van der Waals surface area contributed by atoms with Gasteiger partial charge >= 0.3 is 5.97 Å². The summed E-state index contributed by atoms with van der Waals surface area (Å²) in [6, 6.07) is 6.64. The molecular formula is C15H19ClN2O3. The van der Waals surface area contributed by atoms with Crippen LogP contribution in [0.3, 0.4) is 0 Å². The van der Waals surface area contributed by atoms with Gasteiger partial charge in [-0.1, -0.05) is 23.7 Å². The molecule has 1 N–H and O–H groups in total. The molecule has 1 aromatic rings. The molecule has 1 aliphatic rings. The molecule has 1 aliphatic heterocycles. The SMILES string of the molecule is CCOC(=O)C1CNCCN1C(=O)Cc1cccc(Cl)c1. The van der Waals surface area contributed by atoms with E-state index < -0.39 is 6.04 Å². The van der Waals surface area contributed by atoms with E-state index in [0.29, 0.717) is 31.3 Å². The summed E-state index contributed by atoms with van der Waals surface area (Å²) in [4.78, 5) is 26.0. The third kappa shape index (κ3) is 4.19. The fourth-order valence-corrected chi connectivity index (χ4v) is 2.59. The van der Waals surface area contributed by atoms with Crippen molar-refractivity contribution in [1.82, 2.24) is 10.2 Å². The van der Waals surface area contributed by atoms with Crippen LogP contribution in [0.2, 0.25) is 5.02 Å². The molecule has 0 radical (unpaired) electrons. The number of amides is 1. The fourth-order valence-electron chi connectivity index (χ4n) is 2.37. The summed E-state index contributed by atoms with van der Waals surface area (Å²) in [5.41, 5.74) is 0.841. The number of nitrogens with zero attached hydrogens (tertiary/aromatic N) is 1. The summed E-state index contributed by atoms with van der Waals surface area (Å²) in [5, 5.41) is 3.72. The standard InChI is InChI=1S/C15H19ClN2O3/c1-2-21-15(20)13-10-17-6-7-18(13)14(19)9-11-4-3-5-12(16)8-11/h3-5,8,13,17H,2,6-7,9-10H2,1H3. The molecule has 0 spiro atoms. The van der Waals surface area contributed by atoms with Gasteiger partial charge in [0.05, 0.1) is 13.0 Å². The number of nitrogens with one attached hydrogen (secondary N) is 1. The summed E-state index contributed by atoms with van der Waals surface area (Å²) in [5.74, 6) is -0.444. The first kappa shape index (κ1) is 15.8. The highest BCUT2D eigenvalue weighted by atomic mass is 35.5. The summed E-state index contributed by atoms with van der Waals surface area (Å²) in [6.45, 7) is 3.68. The highest BCUT2D eigenvalue weighted by Crippen LogP contribution is 2.14. The van der Waals surface area contributed by atoms with Crippen LogP contribution in [0.25, 0.3) is 0 Å². The summed E-state index contributed by atoms with van der Waals surface area (Å²) in [7, 11) is 0. The van der Waals surface area contributed by atoms with Gasteiger partial charge in [0.25, 0.3) is 0 Å². The van der Waals surface area contributed by atoms with E-state index >= 15 is 0 Å². The maximum atomic E-state index is 12.4. The van der Waals surface area contributed by atoms with Crippen LogP contribution in [0.4, 0.5) is 0 Å². The average molecular weight is 311 g/mol. The number of hydrogen-bond donors (Lipinski definition) is 1. The van der Waals surface area contributed by atoms with E-state index in [4.69, 9.17) is 16.3 Å². The lowest BCUT2D eigenvalue weighted by atomic mass is 10.1. The fraction of sp³-hybridized carbons (Fsp3) is 0.467. The Bertz CT molecular complexity index is 521.